The minimum atomic E-state index is 0.387. The number of fused-ring (bicyclic) bond motifs is 1. The monoisotopic (exact) mass is 348 g/mol. The fourth-order valence-electron chi connectivity index (χ4n) is 3.55. The van der Waals surface area contributed by atoms with E-state index < -0.39 is 0 Å². The van der Waals surface area contributed by atoms with Crippen LogP contribution < -0.4 is 0 Å². The number of nitrogens with zero attached hydrogens (tertiary/aromatic N) is 4. The van der Waals surface area contributed by atoms with Crippen LogP contribution in [0.5, 0.6) is 0 Å². The molecular weight excluding hydrogens is 324 g/mol. The van der Waals surface area contributed by atoms with Gasteiger partial charge in [0.15, 0.2) is 0 Å². The van der Waals surface area contributed by atoms with Crippen molar-refractivity contribution >= 4 is 10.9 Å². The van der Waals surface area contributed by atoms with E-state index in [4.69, 9.17) is 9.72 Å². The largest absolute Gasteiger partial charge is 0.378 e. The van der Waals surface area contributed by atoms with Crippen molar-refractivity contribution in [2.24, 2.45) is 0 Å². The number of aryl methyl sites for hydroxylation is 2. The molecule has 1 aromatic carbocycles. The zero-order valence-electron chi connectivity index (χ0n) is 15.1. The lowest BCUT2D eigenvalue weighted by atomic mass is 10.1. The zero-order chi connectivity index (χ0) is 17.8. The topological polar surface area (TPSA) is 51.1 Å². The average Bonchev–Trinajstić information content (AvgIpc) is 2.68. The van der Waals surface area contributed by atoms with Gasteiger partial charge in [-0.25, -0.2) is 0 Å². The van der Waals surface area contributed by atoms with Gasteiger partial charge in [0.25, 0.3) is 0 Å². The van der Waals surface area contributed by atoms with Crippen molar-refractivity contribution < 1.29 is 4.74 Å². The molecule has 0 bridgehead atoms. The van der Waals surface area contributed by atoms with Crippen LogP contribution in [0, 0.1) is 6.92 Å². The molecule has 134 valence electrons. The molecule has 0 N–H and O–H groups in total. The van der Waals surface area contributed by atoms with Crippen molar-refractivity contribution in [1.29, 1.82) is 0 Å². The Kier molecular flexibility index (Phi) is 5.18. The van der Waals surface area contributed by atoms with E-state index >= 15 is 0 Å². The van der Waals surface area contributed by atoms with Crippen molar-refractivity contribution in [2.45, 2.75) is 32.4 Å². The first-order valence-electron chi connectivity index (χ1n) is 9.22. The summed E-state index contributed by atoms with van der Waals surface area (Å²) in [6.45, 7) is 5.38. The van der Waals surface area contributed by atoms with Crippen LogP contribution in [0.25, 0.3) is 10.9 Å². The Morgan fingerprint density at radius 3 is 2.92 bits per heavy atom. The summed E-state index contributed by atoms with van der Waals surface area (Å²) >= 11 is 0. The third-order valence-electron chi connectivity index (χ3n) is 5.07. The van der Waals surface area contributed by atoms with Crippen molar-refractivity contribution in [3.63, 3.8) is 0 Å². The molecule has 0 radical (unpaired) electrons. The number of pyridine rings is 1. The molecule has 5 heteroatoms. The highest BCUT2D eigenvalue weighted by molar-refractivity contribution is 5.78. The second-order valence-corrected chi connectivity index (χ2v) is 6.82. The van der Waals surface area contributed by atoms with E-state index in [0.29, 0.717) is 6.04 Å². The summed E-state index contributed by atoms with van der Waals surface area (Å²) in [5, 5.41) is 1.19. The van der Waals surface area contributed by atoms with Gasteiger partial charge in [-0.3, -0.25) is 19.9 Å². The predicted octanol–water partition coefficient (Wildman–Crippen LogP) is 3.17. The number of ether oxygens (including phenoxy) is 1. The summed E-state index contributed by atoms with van der Waals surface area (Å²) in [5.74, 6) is 0. The Morgan fingerprint density at radius 1 is 1.12 bits per heavy atom. The highest BCUT2D eigenvalue weighted by Gasteiger charge is 2.23. The number of aromatic nitrogens is 3. The maximum Gasteiger partial charge on any atom is 0.0705 e. The summed E-state index contributed by atoms with van der Waals surface area (Å²) in [5.41, 5.74) is 4.28. The average molecular weight is 348 g/mol. The van der Waals surface area contributed by atoms with Crippen LogP contribution in [0.1, 0.15) is 23.5 Å². The quantitative estimate of drug-likeness (QED) is 0.709. The first-order chi connectivity index (χ1) is 12.8. The highest BCUT2D eigenvalue weighted by Crippen LogP contribution is 2.18. The minimum Gasteiger partial charge on any atom is -0.378 e. The molecule has 0 amide bonds. The number of rotatable bonds is 5. The lowest BCUT2D eigenvalue weighted by molar-refractivity contribution is -0.0149. The van der Waals surface area contributed by atoms with Gasteiger partial charge in [-0.15, -0.1) is 0 Å². The summed E-state index contributed by atoms with van der Waals surface area (Å²) < 4.78 is 5.74. The number of hydrogen-bond acceptors (Lipinski definition) is 5. The molecule has 26 heavy (non-hydrogen) atoms. The third-order valence-corrected chi connectivity index (χ3v) is 5.07. The standard InChI is InChI=1S/C21H24N4O/c1-16-20(23-11-10-22-16)9-8-19-15-26-13-12-25(19)14-18-7-6-17-4-2-3-5-21(17)24-18/h2-7,10-11,19H,8-9,12-15H2,1H3/t19-/m1/s1. The van der Waals surface area contributed by atoms with Crippen LogP contribution in [0.15, 0.2) is 48.8 Å². The Bertz CT molecular complexity index is 883. The molecular formula is C21H24N4O. The molecule has 1 aliphatic heterocycles. The fourth-order valence-corrected chi connectivity index (χ4v) is 3.55. The van der Waals surface area contributed by atoms with Crippen LogP contribution in [0.4, 0.5) is 0 Å². The maximum atomic E-state index is 5.74. The van der Waals surface area contributed by atoms with Crippen molar-refractivity contribution in [2.75, 3.05) is 19.8 Å². The van der Waals surface area contributed by atoms with E-state index in [1.807, 2.05) is 13.0 Å². The van der Waals surface area contributed by atoms with Crippen molar-refractivity contribution in [3.05, 3.63) is 65.9 Å². The van der Waals surface area contributed by atoms with E-state index in [1.165, 1.54) is 5.39 Å². The normalized spacial score (nSPS) is 18.3. The number of para-hydroxylation sites is 1. The first-order valence-corrected chi connectivity index (χ1v) is 9.22. The van der Waals surface area contributed by atoms with Gasteiger partial charge in [0.05, 0.1) is 35.8 Å². The third kappa shape index (κ3) is 3.89. The molecule has 4 rings (SSSR count). The van der Waals surface area contributed by atoms with E-state index in [2.05, 4.69) is 45.2 Å². The fraction of sp³-hybridized carbons (Fsp3) is 0.381. The summed E-state index contributed by atoms with van der Waals surface area (Å²) in [7, 11) is 0. The molecule has 0 spiro atoms. The first kappa shape index (κ1) is 17.1. The van der Waals surface area contributed by atoms with Gasteiger partial charge in [0, 0.05) is 36.9 Å². The van der Waals surface area contributed by atoms with Crippen LogP contribution in [0.2, 0.25) is 0 Å². The van der Waals surface area contributed by atoms with Crippen molar-refractivity contribution in [1.82, 2.24) is 19.9 Å². The van der Waals surface area contributed by atoms with E-state index in [0.717, 1.165) is 61.7 Å². The van der Waals surface area contributed by atoms with Crippen LogP contribution in [-0.4, -0.2) is 45.7 Å². The Labute approximate surface area is 154 Å². The van der Waals surface area contributed by atoms with E-state index in [-0.39, 0.29) is 0 Å². The number of benzene rings is 1. The highest BCUT2D eigenvalue weighted by atomic mass is 16.5. The minimum absolute atomic E-state index is 0.387. The summed E-state index contributed by atoms with van der Waals surface area (Å²) in [4.78, 5) is 16.1. The molecule has 1 saturated heterocycles. The van der Waals surface area contributed by atoms with Crippen molar-refractivity contribution in [3.8, 4) is 0 Å². The predicted molar refractivity (Wildman–Crippen MR) is 102 cm³/mol. The Balaban J connectivity index is 1.45. The van der Waals surface area contributed by atoms with Gasteiger partial charge in [0.2, 0.25) is 0 Å². The number of hydrogen-bond donors (Lipinski definition) is 0. The molecule has 1 aliphatic rings. The molecule has 0 aliphatic carbocycles. The lowest BCUT2D eigenvalue weighted by Crippen LogP contribution is -2.45. The molecule has 0 unspecified atom stereocenters. The second kappa shape index (κ2) is 7.89. The summed E-state index contributed by atoms with van der Waals surface area (Å²) in [6.07, 6.45) is 5.47. The molecule has 3 aromatic rings. The SMILES string of the molecule is Cc1nccnc1CC[C@@H]1COCCN1Cc1ccc2ccccc2n1. The second-order valence-electron chi connectivity index (χ2n) is 6.82. The van der Waals surface area contributed by atoms with Gasteiger partial charge in [-0.1, -0.05) is 24.3 Å². The molecule has 1 fully saturated rings. The van der Waals surface area contributed by atoms with Crippen LogP contribution in [-0.2, 0) is 17.7 Å². The molecule has 2 aromatic heterocycles. The van der Waals surface area contributed by atoms with Gasteiger partial charge < -0.3 is 4.74 Å². The van der Waals surface area contributed by atoms with Crippen LogP contribution in [0.3, 0.4) is 0 Å². The van der Waals surface area contributed by atoms with Gasteiger partial charge in [-0.2, -0.15) is 0 Å². The Hall–Kier alpha value is -2.37. The molecule has 1 atom stereocenters. The van der Waals surface area contributed by atoms with Gasteiger partial charge in [-0.05, 0) is 31.9 Å². The number of morpholine rings is 1. The zero-order valence-corrected chi connectivity index (χ0v) is 15.1. The summed E-state index contributed by atoms with van der Waals surface area (Å²) in [6, 6.07) is 13.0. The molecule has 3 heterocycles. The molecule has 0 saturated carbocycles. The molecule has 5 nitrogen and oxygen atoms in total. The van der Waals surface area contributed by atoms with Gasteiger partial charge in [0.1, 0.15) is 0 Å². The Morgan fingerprint density at radius 2 is 2.00 bits per heavy atom. The van der Waals surface area contributed by atoms with Crippen LogP contribution >= 0.6 is 0 Å². The lowest BCUT2D eigenvalue weighted by Gasteiger charge is -2.35. The maximum absolute atomic E-state index is 5.74. The van der Waals surface area contributed by atoms with E-state index in [9.17, 15) is 0 Å². The smallest absolute Gasteiger partial charge is 0.0705 e. The van der Waals surface area contributed by atoms with Gasteiger partial charge >= 0.3 is 0 Å². The van der Waals surface area contributed by atoms with E-state index in [1.54, 1.807) is 12.4 Å².